The number of methoxy groups -OCH3 is 2. The van der Waals surface area contributed by atoms with Crippen LogP contribution in [0.15, 0.2) is 11.8 Å². The third kappa shape index (κ3) is 2.35. The molecular formula is C22H32O7. The molecule has 10 atom stereocenters. The second-order valence-electron chi connectivity index (χ2n) is 10.00. The van der Waals surface area contributed by atoms with Crippen molar-refractivity contribution in [3.8, 4) is 0 Å². The summed E-state index contributed by atoms with van der Waals surface area (Å²) in [4.78, 5) is 26.1. The van der Waals surface area contributed by atoms with Gasteiger partial charge in [0.1, 0.15) is 12.2 Å². The van der Waals surface area contributed by atoms with Crippen LogP contribution in [0.4, 0.5) is 0 Å². The van der Waals surface area contributed by atoms with E-state index in [1.807, 2.05) is 26.8 Å². The normalized spacial score (nSPS) is 54.1. The molecule has 162 valence electrons. The van der Waals surface area contributed by atoms with Crippen LogP contribution in [0, 0.1) is 34.5 Å². The second kappa shape index (κ2) is 6.28. The van der Waals surface area contributed by atoms with Gasteiger partial charge in [-0.15, -0.1) is 0 Å². The van der Waals surface area contributed by atoms with Crippen LogP contribution in [-0.2, 0) is 23.8 Å². The van der Waals surface area contributed by atoms with Gasteiger partial charge in [0.05, 0.1) is 25.2 Å². The van der Waals surface area contributed by atoms with Crippen LogP contribution in [0.3, 0.4) is 0 Å². The Morgan fingerprint density at radius 2 is 1.86 bits per heavy atom. The number of aliphatic hydroxyl groups excluding tert-OH is 1. The minimum absolute atomic E-state index is 0.00640. The zero-order valence-corrected chi connectivity index (χ0v) is 18.0. The molecule has 7 nitrogen and oxygen atoms in total. The molecule has 29 heavy (non-hydrogen) atoms. The van der Waals surface area contributed by atoms with E-state index in [-0.39, 0.29) is 30.0 Å². The molecule has 1 heterocycles. The number of allylic oxidation sites excluding steroid dienone is 2. The summed E-state index contributed by atoms with van der Waals surface area (Å²) >= 11 is 0. The lowest BCUT2D eigenvalue weighted by atomic mass is 9.37. The second-order valence-corrected chi connectivity index (χ2v) is 10.00. The van der Waals surface area contributed by atoms with Gasteiger partial charge in [-0.2, -0.15) is 0 Å². The fourth-order valence-electron chi connectivity index (χ4n) is 7.60. The van der Waals surface area contributed by atoms with E-state index in [4.69, 9.17) is 14.2 Å². The number of hydrogen-bond donors (Lipinski definition) is 2. The van der Waals surface area contributed by atoms with E-state index in [2.05, 4.69) is 0 Å². The molecule has 0 aromatic heterocycles. The number of Topliss-reactive ketones (excluding diaryl/α,β-unsaturated/α-hetero) is 1. The highest BCUT2D eigenvalue weighted by molar-refractivity contribution is 5.99. The maximum atomic E-state index is 13.6. The molecule has 0 aromatic carbocycles. The summed E-state index contributed by atoms with van der Waals surface area (Å²) in [5, 5.41) is 22.9. The van der Waals surface area contributed by atoms with Crippen molar-refractivity contribution in [1.29, 1.82) is 0 Å². The lowest BCUT2D eigenvalue weighted by Crippen LogP contribution is -2.77. The van der Waals surface area contributed by atoms with Gasteiger partial charge in [-0.3, -0.25) is 9.59 Å². The van der Waals surface area contributed by atoms with Crippen LogP contribution in [-0.4, -0.2) is 60.1 Å². The lowest BCUT2D eigenvalue weighted by molar-refractivity contribution is -0.315. The van der Waals surface area contributed by atoms with Gasteiger partial charge in [0.2, 0.25) is 5.78 Å². The van der Waals surface area contributed by atoms with E-state index in [9.17, 15) is 19.8 Å². The van der Waals surface area contributed by atoms with Crippen molar-refractivity contribution in [3.63, 3.8) is 0 Å². The minimum Gasteiger partial charge on any atom is -0.493 e. The number of ketones is 1. The highest BCUT2D eigenvalue weighted by atomic mass is 16.5. The molecule has 2 N–H and O–H groups in total. The summed E-state index contributed by atoms with van der Waals surface area (Å²) in [7, 11) is 2.93. The molecule has 1 saturated heterocycles. The number of hydrogen-bond acceptors (Lipinski definition) is 7. The van der Waals surface area contributed by atoms with Crippen molar-refractivity contribution in [1.82, 2.24) is 0 Å². The maximum absolute atomic E-state index is 13.6. The molecule has 4 rings (SSSR count). The first kappa shape index (κ1) is 20.8. The average Bonchev–Trinajstić information content (AvgIpc) is 2.63. The summed E-state index contributed by atoms with van der Waals surface area (Å²) in [6, 6.07) is 0. The molecule has 4 aliphatic rings. The smallest absolute Gasteiger partial charge is 0.306 e. The van der Waals surface area contributed by atoms with E-state index < -0.39 is 46.6 Å². The standard InChI is InChI=1S/C22H32O7/c1-10-7-12(27-5)18(25)20(2)11(10)8-14-21(3)13(9-15(23)29-14)22(4,26)19(28-6)16(24)17(20)21/h7,10-11,13-14,16-17,19,24,26H,8-9H2,1-6H3. The third-order valence-corrected chi connectivity index (χ3v) is 8.81. The molecule has 3 aliphatic carbocycles. The largest absolute Gasteiger partial charge is 0.493 e. The zero-order valence-electron chi connectivity index (χ0n) is 18.0. The number of carbonyl (C=O) groups is 2. The van der Waals surface area contributed by atoms with Crippen LogP contribution in [0.2, 0.25) is 0 Å². The number of rotatable bonds is 2. The average molecular weight is 408 g/mol. The van der Waals surface area contributed by atoms with Crippen LogP contribution in [0.25, 0.3) is 0 Å². The highest BCUT2D eigenvalue weighted by Gasteiger charge is 2.75. The van der Waals surface area contributed by atoms with E-state index in [1.165, 1.54) is 14.2 Å². The monoisotopic (exact) mass is 408 g/mol. The molecule has 7 heteroatoms. The van der Waals surface area contributed by atoms with Crippen LogP contribution < -0.4 is 0 Å². The van der Waals surface area contributed by atoms with Gasteiger partial charge in [0, 0.05) is 29.8 Å². The number of carbonyl (C=O) groups excluding carboxylic acids is 2. The Bertz CT molecular complexity index is 773. The summed E-state index contributed by atoms with van der Waals surface area (Å²) < 4.78 is 16.8. The van der Waals surface area contributed by atoms with Crippen LogP contribution in [0.1, 0.15) is 40.5 Å². The molecule has 0 spiro atoms. The predicted molar refractivity (Wildman–Crippen MR) is 102 cm³/mol. The van der Waals surface area contributed by atoms with Crippen molar-refractivity contribution in [3.05, 3.63) is 11.8 Å². The van der Waals surface area contributed by atoms with Crippen molar-refractivity contribution in [2.24, 2.45) is 34.5 Å². The zero-order chi connectivity index (χ0) is 21.5. The van der Waals surface area contributed by atoms with Crippen LogP contribution >= 0.6 is 0 Å². The Morgan fingerprint density at radius 3 is 2.45 bits per heavy atom. The Balaban J connectivity index is 1.96. The number of ether oxygens (including phenoxy) is 3. The third-order valence-electron chi connectivity index (χ3n) is 8.81. The molecule has 0 amide bonds. The van der Waals surface area contributed by atoms with Crippen molar-refractivity contribution in [2.45, 2.75) is 64.4 Å². The maximum Gasteiger partial charge on any atom is 0.306 e. The molecular weight excluding hydrogens is 376 g/mol. The highest BCUT2D eigenvalue weighted by Crippen LogP contribution is 2.68. The Labute approximate surface area is 171 Å². The number of fused-ring (bicyclic) bond motifs is 2. The first-order valence-electron chi connectivity index (χ1n) is 10.4. The van der Waals surface area contributed by atoms with E-state index in [1.54, 1.807) is 6.92 Å². The predicted octanol–water partition coefficient (Wildman–Crippen LogP) is 1.46. The summed E-state index contributed by atoms with van der Waals surface area (Å²) in [6.07, 6.45) is -0.141. The molecule has 3 fully saturated rings. The lowest BCUT2D eigenvalue weighted by Gasteiger charge is -2.69. The van der Waals surface area contributed by atoms with Crippen LogP contribution in [0.5, 0.6) is 0 Å². The fourth-order valence-corrected chi connectivity index (χ4v) is 7.60. The number of aliphatic hydroxyl groups is 2. The SMILES string of the molecule is COC1=CC(C)C2CC3OC(=O)CC4C(C)(O)C(OC)C(O)C(C2(C)C1=O)C34C. The van der Waals surface area contributed by atoms with Gasteiger partial charge in [-0.1, -0.05) is 20.8 Å². The van der Waals surface area contributed by atoms with Gasteiger partial charge in [-0.05, 0) is 31.3 Å². The van der Waals surface area contributed by atoms with Crippen molar-refractivity contribution in [2.75, 3.05) is 14.2 Å². The Kier molecular flexibility index (Phi) is 4.51. The first-order chi connectivity index (χ1) is 13.4. The topological polar surface area (TPSA) is 102 Å². The molecule has 10 unspecified atom stereocenters. The molecule has 0 aromatic rings. The molecule has 0 bridgehead atoms. The minimum atomic E-state index is -1.44. The molecule has 1 aliphatic heterocycles. The van der Waals surface area contributed by atoms with Gasteiger partial charge in [0.15, 0.2) is 5.76 Å². The quantitative estimate of drug-likeness (QED) is 0.667. The van der Waals surface area contributed by atoms with Gasteiger partial charge >= 0.3 is 5.97 Å². The molecule has 0 radical (unpaired) electrons. The van der Waals surface area contributed by atoms with Gasteiger partial charge < -0.3 is 24.4 Å². The molecule has 2 saturated carbocycles. The van der Waals surface area contributed by atoms with Gasteiger partial charge in [0.25, 0.3) is 0 Å². The Morgan fingerprint density at radius 1 is 1.21 bits per heavy atom. The van der Waals surface area contributed by atoms with Crippen molar-refractivity contribution >= 4 is 11.8 Å². The van der Waals surface area contributed by atoms with Gasteiger partial charge in [-0.25, -0.2) is 0 Å². The van der Waals surface area contributed by atoms with E-state index >= 15 is 0 Å². The summed E-state index contributed by atoms with van der Waals surface area (Å²) in [6.45, 7) is 7.50. The van der Waals surface area contributed by atoms with Crippen molar-refractivity contribution < 1.29 is 34.0 Å². The van der Waals surface area contributed by atoms with E-state index in [0.717, 1.165) is 0 Å². The fraction of sp³-hybridized carbons (Fsp3) is 0.818. The summed E-state index contributed by atoms with van der Waals surface area (Å²) in [5.74, 6) is -1.37. The van der Waals surface area contributed by atoms with E-state index in [0.29, 0.717) is 12.2 Å². The Hall–Kier alpha value is -1.44. The number of esters is 1. The summed E-state index contributed by atoms with van der Waals surface area (Å²) in [5.41, 5.74) is -3.15. The first-order valence-corrected chi connectivity index (χ1v) is 10.4.